The highest BCUT2D eigenvalue weighted by Gasteiger charge is 1.91. The van der Waals surface area contributed by atoms with Crippen LogP contribution in [0.2, 0.25) is 0 Å². The second-order valence-corrected chi connectivity index (χ2v) is 1.48. The van der Waals surface area contributed by atoms with Crippen molar-refractivity contribution in [1.29, 1.82) is 0 Å². The van der Waals surface area contributed by atoms with Gasteiger partial charge in [-0.1, -0.05) is 6.92 Å². The Morgan fingerprint density at radius 2 is 2.75 bits per heavy atom. The number of hydrogen-bond donors (Lipinski definition) is 0. The van der Waals surface area contributed by atoms with E-state index in [1.807, 2.05) is 13.3 Å². The molecular weight excluding hydrogens is 102 g/mol. The first-order valence-electron chi connectivity index (χ1n) is 2.66. The van der Waals surface area contributed by atoms with E-state index in [4.69, 9.17) is 4.42 Å². The van der Waals surface area contributed by atoms with E-state index >= 15 is 0 Å². The Bertz CT molecular complexity index is 134. The monoisotopic (exact) mass is 110 g/mol. The van der Waals surface area contributed by atoms with Crippen LogP contribution < -0.4 is 0 Å². The molecule has 0 saturated heterocycles. The predicted molar refractivity (Wildman–Crippen MR) is 30.2 cm³/mol. The first-order valence-corrected chi connectivity index (χ1v) is 2.66. The van der Waals surface area contributed by atoms with Gasteiger partial charge < -0.3 is 4.42 Å². The summed E-state index contributed by atoms with van der Waals surface area (Å²) < 4.78 is 4.91. The van der Waals surface area contributed by atoms with Crippen molar-refractivity contribution in [2.24, 2.45) is 0 Å². The number of oxazole rings is 1. The molecule has 1 aromatic rings. The first-order chi connectivity index (χ1) is 3.93. The van der Waals surface area contributed by atoms with Gasteiger partial charge in [0.25, 0.3) is 0 Å². The second-order valence-electron chi connectivity index (χ2n) is 1.48. The van der Waals surface area contributed by atoms with E-state index in [0.29, 0.717) is 5.89 Å². The van der Waals surface area contributed by atoms with Crippen LogP contribution >= 0.6 is 0 Å². The van der Waals surface area contributed by atoms with E-state index in [1.54, 1.807) is 12.5 Å². The molecule has 0 aliphatic heterocycles. The normalized spacial score (nSPS) is 9.62. The molecule has 43 valence electrons. The third-order valence-electron chi connectivity index (χ3n) is 0.830. The van der Waals surface area contributed by atoms with Crippen LogP contribution in [0.3, 0.4) is 0 Å². The smallest absolute Gasteiger partial charge is 0.197 e. The Balaban J connectivity index is 2.50. The molecule has 8 heavy (non-hydrogen) atoms. The summed E-state index contributed by atoms with van der Waals surface area (Å²) in [5.41, 5.74) is 0. The molecule has 1 radical (unpaired) electrons. The van der Waals surface area contributed by atoms with Crippen LogP contribution in [0.4, 0.5) is 0 Å². The van der Waals surface area contributed by atoms with E-state index in [1.165, 1.54) is 0 Å². The lowest BCUT2D eigenvalue weighted by Crippen LogP contribution is -1.75. The minimum absolute atomic E-state index is 0.715. The van der Waals surface area contributed by atoms with Gasteiger partial charge in [-0.3, -0.25) is 0 Å². The number of hydrogen-bond acceptors (Lipinski definition) is 2. The molecule has 2 nitrogen and oxygen atoms in total. The molecule has 0 aromatic carbocycles. The van der Waals surface area contributed by atoms with Gasteiger partial charge in [0.05, 0.1) is 6.20 Å². The van der Waals surface area contributed by atoms with E-state index in [2.05, 4.69) is 4.98 Å². The summed E-state index contributed by atoms with van der Waals surface area (Å²) in [4.78, 5) is 3.88. The van der Waals surface area contributed by atoms with E-state index < -0.39 is 0 Å². The van der Waals surface area contributed by atoms with Crippen LogP contribution in [-0.4, -0.2) is 4.98 Å². The van der Waals surface area contributed by atoms with Crippen molar-refractivity contribution in [1.82, 2.24) is 4.98 Å². The van der Waals surface area contributed by atoms with Gasteiger partial charge in [0.15, 0.2) is 5.89 Å². The number of nitrogens with zero attached hydrogens (tertiary/aromatic N) is 1. The Morgan fingerprint density at radius 3 is 3.25 bits per heavy atom. The maximum absolute atomic E-state index is 4.91. The molecule has 0 amide bonds. The quantitative estimate of drug-likeness (QED) is 0.578. The van der Waals surface area contributed by atoms with Crippen molar-refractivity contribution in [3.05, 3.63) is 24.8 Å². The highest BCUT2D eigenvalue weighted by Crippen LogP contribution is 1.99. The maximum atomic E-state index is 4.91. The summed E-state index contributed by atoms with van der Waals surface area (Å²) in [6.07, 6.45) is 6.11. The zero-order valence-electron chi connectivity index (χ0n) is 4.79. The van der Waals surface area contributed by atoms with Crippen molar-refractivity contribution in [3.8, 4) is 0 Å². The summed E-state index contributed by atoms with van der Waals surface area (Å²) >= 11 is 0. The van der Waals surface area contributed by atoms with Gasteiger partial charge >= 0.3 is 0 Å². The SMILES string of the molecule is CC[CH]c1ncco1. The van der Waals surface area contributed by atoms with Crippen molar-refractivity contribution in [3.63, 3.8) is 0 Å². The fourth-order valence-electron chi connectivity index (χ4n) is 0.510. The van der Waals surface area contributed by atoms with E-state index in [-0.39, 0.29) is 0 Å². The van der Waals surface area contributed by atoms with Gasteiger partial charge in [-0.2, -0.15) is 0 Å². The lowest BCUT2D eigenvalue weighted by Gasteiger charge is -1.83. The average molecular weight is 110 g/mol. The third kappa shape index (κ3) is 1.09. The lowest BCUT2D eigenvalue weighted by molar-refractivity contribution is 0.524. The van der Waals surface area contributed by atoms with Crippen molar-refractivity contribution in [2.75, 3.05) is 0 Å². The Hall–Kier alpha value is -0.790. The summed E-state index contributed by atoms with van der Waals surface area (Å²) in [7, 11) is 0. The summed E-state index contributed by atoms with van der Waals surface area (Å²) in [6, 6.07) is 0. The van der Waals surface area contributed by atoms with Crippen molar-refractivity contribution >= 4 is 0 Å². The highest BCUT2D eigenvalue weighted by molar-refractivity contribution is 4.93. The molecule has 0 saturated carbocycles. The fourth-order valence-corrected chi connectivity index (χ4v) is 0.510. The second kappa shape index (κ2) is 2.50. The van der Waals surface area contributed by atoms with Gasteiger partial charge in [0.1, 0.15) is 6.26 Å². The minimum atomic E-state index is 0.715. The zero-order chi connectivity index (χ0) is 5.82. The molecule has 0 spiro atoms. The lowest BCUT2D eigenvalue weighted by atomic mass is 10.3. The third-order valence-corrected chi connectivity index (χ3v) is 0.830. The molecule has 1 aromatic heterocycles. The summed E-state index contributed by atoms with van der Waals surface area (Å²) in [6.45, 7) is 2.05. The molecular formula is C6H8NO. The number of rotatable bonds is 2. The fraction of sp³-hybridized carbons (Fsp3) is 0.333. The Labute approximate surface area is 48.5 Å². The van der Waals surface area contributed by atoms with Gasteiger partial charge in [-0.15, -0.1) is 0 Å². The molecule has 0 atom stereocenters. The van der Waals surface area contributed by atoms with Crippen LogP contribution in [-0.2, 0) is 0 Å². The molecule has 0 aliphatic carbocycles. The van der Waals surface area contributed by atoms with Crippen LogP contribution in [0.5, 0.6) is 0 Å². The van der Waals surface area contributed by atoms with Crippen LogP contribution in [0.15, 0.2) is 16.9 Å². The molecule has 1 rings (SSSR count). The van der Waals surface area contributed by atoms with E-state index in [9.17, 15) is 0 Å². The van der Waals surface area contributed by atoms with Gasteiger partial charge in [-0.05, 0) is 6.42 Å². The summed E-state index contributed by atoms with van der Waals surface area (Å²) in [5, 5.41) is 0. The van der Waals surface area contributed by atoms with E-state index in [0.717, 1.165) is 6.42 Å². The Kier molecular flexibility index (Phi) is 1.67. The van der Waals surface area contributed by atoms with Crippen molar-refractivity contribution < 1.29 is 4.42 Å². The van der Waals surface area contributed by atoms with Crippen LogP contribution in [0, 0.1) is 6.42 Å². The van der Waals surface area contributed by atoms with Crippen molar-refractivity contribution in [2.45, 2.75) is 13.3 Å². The minimum Gasteiger partial charge on any atom is -0.449 e. The standard InChI is InChI=1S/C6H8NO/c1-2-3-6-7-4-5-8-6/h3-5H,2H2,1H3. The molecule has 0 aliphatic rings. The van der Waals surface area contributed by atoms with Crippen LogP contribution in [0.1, 0.15) is 19.2 Å². The molecule has 0 unspecified atom stereocenters. The highest BCUT2D eigenvalue weighted by atomic mass is 16.3. The topological polar surface area (TPSA) is 26.0 Å². The maximum Gasteiger partial charge on any atom is 0.197 e. The molecule has 2 heteroatoms. The number of aromatic nitrogens is 1. The summed E-state index contributed by atoms with van der Waals surface area (Å²) in [5.74, 6) is 0.715. The Morgan fingerprint density at radius 1 is 1.88 bits per heavy atom. The molecule has 0 N–H and O–H groups in total. The van der Waals surface area contributed by atoms with Gasteiger partial charge in [0, 0.05) is 6.42 Å². The molecule has 0 fully saturated rings. The predicted octanol–water partition coefficient (Wildman–Crippen LogP) is 1.64. The zero-order valence-corrected chi connectivity index (χ0v) is 4.79. The molecule has 0 bridgehead atoms. The van der Waals surface area contributed by atoms with Crippen LogP contribution in [0.25, 0.3) is 0 Å². The largest absolute Gasteiger partial charge is 0.449 e. The van der Waals surface area contributed by atoms with Gasteiger partial charge in [-0.25, -0.2) is 4.98 Å². The first kappa shape index (κ1) is 5.35. The molecule has 1 heterocycles. The average Bonchev–Trinajstić information content (AvgIpc) is 2.19. The van der Waals surface area contributed by atoms with Gasteiger partial charge in [0.2, 0.25) is 0 Å².